The van der Waals surface area contributed by atoms with Crippen molar-refractivity contribution in [3.05, 3.63) is 64.7 Å². The van der Waals surface area contributed by atoms with E-state index in [1.807, 2.05) is 5.32 Å². The number of benzene rings is 2. The molecule has 0 aromatic heterocycles. The molecular weight excluding hydrogens is 599 g/mol. The van der Waals surface area contributed by atoms with Crippen LogP contribution in [0.2, 0.25) is 0 Å². The molecular formula is C27H25F9N4O3. The fourth-order valence-electron chi connectivity index (χ4n) is 4.63. The Bertz CT molecular complexity index is 1400. The Balaban J connectivity index is 2.08. The van der Waals surface area contributed by atoms with Gasteiger partial charge in [0.15, 0.2) is 0 Å². The normalized spacial score (nSPS) is 17.2. The highest BCUT2D eigenvalue weighted by Gasteiger charge is 2.42. The third-order valence-corrected chi connectivity index (χ3v) is 6.62. The Morgan fingerprint density at radius 2 is 1.51 bits per heavy atom. The van der Waals surface area contributed by atoms with Crippen LogP contribution in [-0.4, -0.2) is 42.0 Å². The number of rotatable bonds is 9. The molecule has 43 heavy (non-hydrogen) atoms. The van der Waals surface area contributed by atoms with Gasteiger partial charge in [0.05, 0.1) is 17.0 Å². The van der Waals surface area contributed by atoms with Gasteiger partial charge in [-0.1, -0.05) is 35.9 Å². The van der Waals surface area contributed by atoms with Gasteiger partial charge in [0.2, 0.25) is 18.0 Å². The van der Waals surface area contributed by atoms with Crippen molar-refractivity contribution in [2.75, 3.05) is 5.32 Å². The molecule has 4 N–H and O–H groups in total. The first-order valence-electron chi connectivity index (χ1n) is 12.7. The number of hydrogen-bond donors (Lipinski definition) is 3. The average molecular weight is 625 g/mol. The fourth-order valence-corrected chi connectivity index (χ4v) is 4.63. The average Bonchev–Trinajstić information content (AvgIpc) is 2.99. The fraction of sp³-hybridized carbons (Fsp3) is 0.407. The van der Waals surface area contributed by atoms with Crippen LogP contribution in [0, 0.1) is 18.8 Å². The van der Waals surface area contributed by atoms with Crippen LogP contribution >= 0.6 is 0 Å². The zero-order valence-electron chi connectivity index (χ0n) is 22.3. The molecule has 3 rings (SSSR count). The monoisotopic (exact) mass is 624 g/mol. The van der Waals surface area contributed by atoms with Crippen LogP contribution in [-0.2, 0) is 20.6 Å². The molecule has 1 aliphatic rings. The number of fused-ring (bicyclic) bond motifs is 1. The van der Waals surface area contributed by atoms with Gasteiger partial charge in [-0.3, -0.25) is 14.4 Å². The van der Waals surface area contributed by atoms with Crippen molar-refractivity contribution >= 4 is 29.1 Å². The van der Waals surface area contributed by atoms with Crippen LogP contribution in [0.1, 0.15) is 47.9 Å². The number of primary amides is 1. The summed E-state index contributed by atoms with van der Waals surface area (Å²) in [5.41, 5.74) is 3.67. The van der Waals surface area contributed by atoms with E-state index in [1.54, 1.807) is 19.1 Å². The molecule has 234 valence electrons. The van der Waals surface area contributed by atoms with Gasteiger partial charge >= 0.3 is 18.5 Å². The predicted octanol–water partition coefficient (Wildman–Crippen LogP) is 5.65. The number of anilines is 1. The van der Waals surface area contributed by atoms with E-state index in [0.29, 0.717) is 11.6 Å². The lowest BCUT2D eigenvalue weighted by Crippen LogP contribution is -2.48. The Kier molecular flexibility index (Phi) is 9.81. The van der Waals surface area contributed by atoms with Gasteiger partial charge < -0.3 is 16.4 Å². The molecule has 0 saturated heterocycles. The maximum atomic E-state index is 13.9. The third-order valence-electron chi connectivity index (χ3n) is 6.62. The summed E-state index contributed by atoms with van der Waals surface area (Å²) in [7, 11) is 0. The van der Waals surface area contributed by atoms with Gasteiger partial charge in [0.25, 0.3) is 5.91 Å². The van der Waals surface area contributed by atoms with Crippen LogP contribution < -0.4 is 16.4 Å². The molecule has 1 unspecified atom stereocenters. The Morgan fingerprint density at radius 1 is 0.930 bits per heavy atom. The standard InChI is InChI=1S/C27H25F9N4O3/c1-13-4-2-5-14(12-13)19-17-6-3-7-18(27(34,35)36)20(17)39-24(43)22(38-19)40-23(42)16(9-11-26(31,32)33)15(21(37)41)8-10-25(28,29)30/h2-7,12,15-16,22H,8-11H2,1H3,(H2,37,41)(H,39,43)(H,40,42)/t15-,16+,22?/m0/s1. The maximum absolute atomic E-state index is 13.9. The number of para-hydroxylation sites is 1. The van der Waals surface area contributed by atoms with Gasteiger partial charge in [-0.2, -0.15) is 39.5 Å². The van der Waals surface area contributed by atoms with E-state index in [9.17, 15) is 53.9 Å². The van der Waals surface area contributed by atoms with Gasteiger partial charge in [0, 0.05) is 35.8 Å². The SMILES string of the molecule is Cc1cccc(C2=NC(NC(=O)[C@H](CCC(F)(F)F)[C@H](CCC(F)(F)F)C(N)=O)C(=O)Nc3c2cccc3C(F)(F)F)c1. The van der Waals surface area contributed by atoms with Gasteiger partial charge in [-0.05, 0) is 31.9 Å². The van der Waals surface area contributed by atoms with E-state index in [0.717, 1.165) is 6.07 Å². The first-order chi connectivity index (χ1) is 19.8. The summed E-state index contributed by atoms with van der Waals surface area (Å²) in [4.78, 5) is 42.5. The summed E-state index contributed by atoms with van der Waals surface area (Å²) in [5.74, 6) is -8.38. The summed E-state index contributed by atoms with van der Waals surface area (Å²) >= 11 is 0. The molecule has 1 heterocycles. The van der Waals surface area contributed by atoms with Crippen LogP contribution in [0.4, 0.5) is 45.2 Å². The lowest BCUT2D eigenvalue weighted by Gasteiger charge is -2.26. The number of halogens is 9. The largest absolute Gasteiger partial charge is 0.418 e. The molecule has 2 aromatic rings. The van der Waals surface area contributed by atoms with Crippen molar-refractivity contribution in [2.24, 2.45) is 22.6 Å². The number of hydrogen-bond acceptors (Lipinski definition) is 4. The zero-order valence-corrected chi connectivity index (χ0v) is 22.3. The van der Waals surface area contributed by atoms with Gasteiger partial charge in [-0.25, -0.2) is 4.99 Å². The first kappa shape index (κ1) is 33.4. The van der Waals surface area contributed by atoms with Crippen molar-refractivity contribution < 1.29 is 53.9 Å². The van der Waals surface area contributed by atoms with Crippen molar-refractivity contribution in [1.82, 2.24) is 5.32 Å². The number of aliphatic imine (C=N–C) groups is 1. The van der Waals surface area contributed by atoms with Crippen LogP contribution in [0.25, 0.3) is 0 Å². The molecule has 0 bridgehead atoms. The minimum atomic E-state index is -4.95. The summed E-state index contributed by atoms with van der Waals surface area (Å²) in [5, 5.41) is 4.06. The molecule has 0 saturated carbocycles. The highest BCUT2D eigenvalue weighted by Crippen LogP contribution is 2.39. The summed E-state index contributed by atoms with van der Waals surface area (Å²) in [6.45, 7) is 1.66. The highest BCUT2D eigenvalue weighted by molar-refractivity contribution is 6.20. The van der Waals surface area contributed by atoms with E-state index in [2.05, 4.69) is 10.3 Å². The molecule has 3 amide bonds. The minimum absolute atomic E-state index is 0.195. The number of carbonyl (C=O) groups is 3. The van der Waals surface area contributed by atoms with Crippen LogP contribution in [0.3, 0.4) is 0 Å². The van der Waals surface area contributed by atoms with Crippen LogP contribution in [0.15, 0.2) is 47.5 Å². The number of carbonyl (C=O) groups excluding carboxylic acids is 3. The molecule has 0 fully saturated rings. The smallest absolute Gasteiger partial charge is 0.369 e. The van der Waals surface area contributed by atoms with E-state index < -0.39 is 91.2 Å². The number of nitrogens with two attached hydrogens (primary N) is 1. The second-order valence-corrected chi connectivity index (χ2v) is 9.90. The summed E-state index contributed by atoms with van der Waals surface area (Å²) in [6.07, 6.45) is -22.3. The number of amides is 3. The second-order valence-electron chi connectivity index (χ2n) is 9.90. The minimum Gasteiger partial charge on any atom is -0.369 e. The topological polar surface area (TPSA) is 114 Å². The molecule has 0 aliphatic carbocycles. The van der Waals surface area contributed by atoms with E-state index in [4.69, 9.17) is 5.73 Å². The van der Waals surface area contributed by atoms with E-state index in [1.165, 1.54) is 18.2 Å². The Morgan fingerprint density at radius 3 is 2.05 bits per heavy atom. The van der Waals surface area contributed by atoms with Gasteiger partial charge in [0.1, 0.15) is 0 Å². The van der Waals surface area contributed by atoms with E-state index in [-0.39, 0.29) is 16.8 Å². The predicted molar refractivity (Wildman–Crippen MR) is 136 cm³/mol. The molecule has 0 radical (unpaired) electrons. The molecule has 16 heteroatoms. The van der Waals surface area contributed by atoms with Crippen molar-refractivity contribution in [1.29, 1.82) is 0 Å². The Hall–Kier alpha value is -4.11. The third kappa shape index (κ3) is 8.94. The highest BCUT2D eigenvalue weighted by atomic mass is 19.4. The van der Waals surface area contributed by atoms with Crippen molar-refractivity contribution in [3.8, 4) is 0 Å². The molecule has 0 spiro atoms. The molecule has 1 aliphatic heterocycles. The number of nitrogens with zero attached hydrogens (tertiary/aromatic N) is 1. The second kappa shape index (κ2) is 12.6. The lowest BCUT2D eigenvalue weighted by molar-refractivity contribution is -0.152. The van der Waals surface area contributed by atoms with Crippen molar-refractivity contribution in [2.45, 2.75) is 57.3 Å². The first-order valence-corrected chi connectivity index (χ1v) is 12.7. The summed E-state index contributed by atoms with van der Waals surface area (Å²) in [6, 6.07) is 9.15. The van der Waals surface area contributed by atoms with Crippen LogP contribution in [0.5, 0.6) is 0 Å². The molecule has 2 aromatic carbocycles. The maximum Gasteiger partial charge on any atom is 0.418 e. The number of nitrogens with one attached hydrogen (secondary N) is 2. The Labute approximate surface area is 238 Å². The lowest BCUT2D eigenvalue weighted by atomic mass is 9.83. The van der Waals surface area contributed by atoms with Gasteiger partial charge in [-0.15, -0.1) is 0 Å². The number of alkyl halides is 9. The number of benzodiazepines with no additional fused rings is 1. The molecule has 3 atom stereocenters. The quantitative estimate of drug-likeness (QED) is 0.314. The van der Waals surface area contributed by atoms with Crippen molar-refractivity contribution in [3.63, 3.8) is 0 Å². The van der Waals surface area contributed by atoms with E-state index >= 15 is 0 Å². The zero-order chi connectivity index (χ0) is 32.3. The summed E-state index contributed by atoms with van der Waals surface area (Å²) < 4.78 is 119. The molecule has 7 nitrogen and oxygen atoms in total. The number of aryl methyl sites for hydroxylation is 1.